The summed E-state index contributed by atoms with van der Waals surface area (Å²) in [6.45, 7) is 3.34. The highest BCUT2D eigenvalue weighted by Crippen LogP contribution is 2.23. The van der Waals surface area contributed by atoms with Gasteiger partial charge in [-0.15, -0.1) is 0 Å². The van der Waals surface area contributed by atoms with Crippen LogP contribution in [-0.4, -0.2) is 33.3 Å². The van der Waals surface area contributed by atoms with Gasteiger partial charge in [0.05, 0.1) is 12.7 Å². The number of ether oxygens (including phenoxy) is 2. The Labute approximate surface area is 107 Å². The SMILES string of the molecule is COCCCNc1cc(C)c(N)c(C(=O)OC)c1. The first-order valence-corrected chi connectivity index (χ1v) is 5.81. The first-order valence-electron chi connectivity index (χ1n) is 5.81. The van der Waals surface area contributed by atoms with E-state index in [0.29, 0.717) is 17.9 Å². The monoisotopic (exact) mass is 252 g/mol. The standard InChI is InChI=1S/C13H20N2O3/c1-9-7-10(15-5-4-6-17-2)8-11(12(9)14)13(16)18-3/h7-8,15H,4-6,14H2,1-3H3. The van der Waals surface area contributed by atoms with E-state index in [-0.39, 0.29) is 0 Å². The molecule has 0 heterocycles. The van der Waals surface area contributed by atoms with Crippen LogP contribution in [0.4, 0.5) is 11.4 Å². The molecule has 0 aliphatic heterocycles. The molecule has 0 bridgehead atoms. The van der Waals surface area contributed by atoms with Crippen LogP contribution >= 0.6 is 0 Å². The molecule has 0 atom stereocenters. The first-order chi connectivity index (χ1) is 8.60. The van der Waals surface area contributed by atoms with E-state index < -0.39 is 5.97 Å². The summed E-state index contributed by atoms with van der Waals surface area (Å²) in [6, 6.07) is 3.62. The van der Waals surface area contributed by atoms with Crippen molar-refractivity contribution >= 4 is 17.3 Å². The number of nitrogen functional groups attached to an aromatic ring is 1. The highest BCUT2D eigenvalue weighted by atomic mass is 16.5. The van der Waals surface area contributed by atoms with Crippen molar-refractivity contribution in [2.45, 2.75) is 13.3 Å². The second kappa shape index (κ2) is 6.86. The van der Waals surface area contributed by atoms with Crippen molar-refractivity contribution in [2.24, 2.45) is 0 Å². The Morgan fingerprint density at radius 3 is 2.72 bits per heavy atom. The van der Waals surface area contributed by atoms with E-state index in [0.717, 1.165) is 24.2 Å². The van der Waals surface area contributed by atoms with Crippen LogP contribution < -0.4 is 11.1 Å². The van der Waals surface area contributed by atoms with Crippen molar-refractivity contribution in [3.05, 3.63) is 23.3 Å². The summed E-state index contributed by atoms with van der Waals surface area (Å²) in [5, 5.41) is 3.22. The van der Waals surface area contributed by atoms with E-state index in [4.69, 9.17) is 15.2 Å². The Balaban J connectivity index is 2.81. The maximum atomic E-state index is 11.6. The van der Waals surface area contributed by atoms with E-state index in [1.54, 1.807) is 13.2 Å². The molecule has 1 aromatic rings. The Morgan fingerprint density at radius 2 is 2.11 bits per heavy atom. The van der Waals surface area contributed by atoms with E-state index in [1.165, 1.54) is 7.11 Å². The van der Waals surface area contributed by atoms with Gasteiger partial charge in [-0.1, -0.05) is 0 Å². The summed E-state index contributed by atoms with van der Waals surface area (Å²) in [5.41, 5.74) is 8.43. The quantitative estimate of drug-likeness (QED) is 0.459. The molecule has 100 valence electrons. The van der Waals surface area contributed by atoms with Crippen molar-refractivity contribution in [1.82, 2.24) is 0 Å². The van der Waals surface area contributed by atoms with Gasteiger partial charge in [0, 0.05) is 31.6 Å². The van der Waals surface area contributed by atoms with Crippen LogP contribution in [0.3, 0.4) is 0 Å². The fourth-order valence-corrected chi connectivity index (χ4v) is 1.63. The summed E-state index contributed by atoms with van der Waals surface area (Å²) in [5.74, 6) is -0.420. The Morgan fingerprint density at radius 1 is 1.39 bits per heavy atom. The molecule has 1 aromatic carbocycles. The molecule has 0 radical (unpaired) electrons. The maximum absolute atomic E-state index is 11.6. The number of anilines is 2. The van der Waals surface area contributed by atoms with Crippen molar-refractivity contribution in [3.8, 4) is 0 Å². The number of hydrogen-bond acceptors (Lipinski definition) is 5. The lowest BCUT2D eigenvalue weighted by atomic mass is 10.1. The van der Waals surface area contributed by atoms with Crippen molar-refractivity contribution in [2.75, 3.05) is 38.4 Å². The van der Waals surface area contributed by atoms with Crippen LogP contribution in [0.1, 0.15) is 22.3 Å². The molecule has 18 heavy (non-hydrogen) atoms. The highest BCUT2D eigenvalue weighted by Gasteiger charge is 2.13. The summed E-state index contributed by atoms with van der Waals surface area (Å²) < 4.78 is 9.67. The molecule has 0 aromatic heterocycles. The third-order valence-corrected chi connectivity index (χ3v) is 2.65. The number of rotatable bonds is 6. The molecule has 5 heteroatoms. The average molecular weight is 252 g/mol. The fraction of sp³-hybridized carbons (Fsp3) is 0.462. The van der Waals surface area contributed by atoms with Crippen LogP contribution in [0.2, 0.25) is 0 Å². The summed E-state index contributed by atoms with van der Waals surface area (Å²) >= 11 is 0. The zero-order chi connectivity index (χ0) is 13.5. The molecule has 0 amide bonds. The van der Waals surface area contributed by atoms with E-state index in [9.17, 15) is 4.79 Å². The van der Waals surface area contributed by atoms with Crippen LogP contribution in [0.25, 0.3) is 0 Å². The van der Waals surface area contributed by atoms with Crippen LogP contribution in [0.15, 0.2) is 12.1 Å². The molecule has 0 saturated carbocycles. The number of esters is 1. The molecule has 0 aliphatic rings. The van der Waals surface area contributed by atoms with Gasteiger partial charge in [0.2, 0.25) is 0 Å². The Bertz CT molecular complexity index is 419. The number of benzene rings is 1. The largest absolute Gasteiger partial charge is 0.465 e. The molecular weight excluding hydrogens is 232 g/mol. The predicted molar refractivity (Wildman–Crippen MR) is 71.9 cm³/mol. The number of carbonyl (C=O) groups is 1. The van der Waals surface area contributed by atoms with Crippen LogP contribution in [0.5, 0.6) is 0 Å². The molecule has 5 nitrogen and oxygen atoms in total. The second-order valence-corrected chi connectivity index (χ2v) is 4.02. The first kappa shape index (κ1) is 14.3. The van der Waals surface area contributed by atoms with Gasteiger partial charge < -0.3 is 20.5 Å². The molecule has 0 unspecified atom stereocenters. The molecule has 0 fully saturated rings. The summed E-state index contributed by atoms with van der Waals surface area (Å²) in [7, 11) is 3.01. The number of carbonyl (C=O) groups excluding carboxylic acids is 1. The zero-order valence-corrected chi connectivity index (χ0v) is 11.1. The number of nitrogens with one attached hydrogen (secondary N) is 1. The van der Waals surface area contributed by atoms with Gasteiger partial charge in [0.1, 0.15) is 0 Å². The van der Waals surface area contributed by atoms with Gasteiger partial charge in [-0.25, -0.2) is 4.79 Å². The number of nitrogens with two attached hydrogens (primary N) is 1. The smallest absolute Gasteiger partial charge is 0.340 e. The minimum absolute atomic E-state index is 0.395. The molecule has 0 spiro atoms. The predicted octanol–water partition coefficient (Wildman–Crippen LogP) is 1.81. The topological polar surface area (TPSA) is 73.6 Å². The molecule has 1 rings (SSSR count). The third kappa shape index (κ3) is 3.63. The van der Waals surface area contributed by atoms with E-state index >= 15 is 0 Å². The maximum Gasteiger partial charge on any atom is 0.340 e. The van der Waals surface area contributed by atoms with Gasteiger partial charge in [-0.2, -0.15) is 0 Å². The van der Waals surface area contributed by atoms with Crippen LogP contribution in [0, 0.1) is 6.92 Å². The molecule has 0 aliphatic carbocycles. The normalized spacial score (nSPS) is 10.2. The lowest BCUT2D eigenvalue weighted by Gasteiger charge is -2.12. The number of aryl methyl sites for hydroxylation is 1. The van der Waals surface area contributed by atoms with Gasteiger partial charge in [-0.3, -0.25) is 0 Å². The summed E-state index contributed by atoms with van der Waals surface area (Å²) in [6.07, 6.45) is 0.896. The lowest BCUT2D eigenvalue weighted by molar-refractivity contribution is 0.0602. The minimum atomic E-state index is -0.420. The molecule has 3 N–H and O–H groups in total. The van der Waals surface area contributed by atoms with Crippen molar-refractivity contribution in [3.63, 3.8) is 0 Å². The Hall–Kier alpha value is -1.75. The Kier molecular flexibility index (Phi) is 5.45. The molecular formula is C13H20N2O3. The van der Waals surface area contributed by atoms with Crippen molar-refractivity contribution < 1.29 is 14.3 Å². The highest BCUT2D eigenvalue weighted by molar-refractivity contribution is 5.97. The zero-order valence-electron chi connectivity index (χ0n) is 11.1. The van der Waals surface area contributed by atoms with Gasteiger partial charge in [-0.05, 0) is 31.0 Å². The number of hydrogen-bond donors (Lipinski definition) is 2. The average Bonchev–Trinajstić information content (AvgIpc) is 2.37. The van der Waals surface area contributed by atoms with Crippen molar-refractivity contribution in [1.29, 1.82) is 0 Å². The van der Waals surface area contributed by atoms with Gasteiger partial charge >= 0.3 is 5.97 Å². The van der Waals surface area contributed by atoms with E-state index in [2.05, 4.69) is 5.32 Å². The second-order valence-electron chi connectivity index (χ2n) is 4.02. The van der Waals surface area contributed by atoms with Gasteiger partial charge in [0.15, 0.2) is 0 Å². The minimum Gasteiger partial charge on any atom is -0.465 e. The van der Waals surface area contributed by atoms with E-state index in [1.807, 2.05) is 13.0 Å². The lowest BCUT2D eigenvalue weighted by Crippen LogP contribution is -2.10. The van der Waals surface area contributed by atoms with Gasteiger partial charge in [0.25, 0.3) is 0 Å². The molecule has 0 saturated heterocycles. The summed E-state index contributed by atoms with van der Waals surface area (Å²) in [4.78, 5) is 11.6. The fourth-order valence-electron chi connectivity index (χ4n) is 1.63. The number of methoxy groups -OCH3 is 2. The van der Waals surface area contributed by atoms with Crippen LogP contribution in [-0.2, 0) is 9.47 Å². The third-order valence-electron chi connectivity index (χ3n) is 2.65.